The van der Waals surface area contributed by atoms with Gasteiger partial charge in [-0.3, -0.25) is 10.2 Å². The van der Waals surface area contributed by atoms with Gasteiger partial charge >= 0.3 is 5.97 Å². The second kappa shape index (κ2) is 16.8. The van der Waals surface area contributed by atoms with Crippen LogP contribution >= 0.6 is 0 Å². The SMILES string of the molecule is C/C=C/C=C/N(CCCC)C(=N)C(Cc1ccc(Oc2ccc(C(=O)O)cc2)cc1)NC(=O)CCCCC. The van der Waals surface area contributed by atoms with Crippen LogP contribution in [0.15, 0.2) is 73.0 Å². The molecule has 1 amide bonds. The average molecular weight is 520 g/mol. The summed E-state index contributed by atoms with van der Waals surface area (Å²) in [7, 11) is 0. The molecule has 7 heteroatoms. The number of carbonyl (C=O) groups is 2. The lowest BCUT2D eigenvalue weighted by atomic mass is 10.0. The van der Waals surface area contributed by atoms with Gasteiger partial charge in [-0.2, -0.15) is 0 Å². The van der Waals surface area contributed by atoms with Crippen molar-refractivity contribution in [2.75, 3.05) is 6.54 Å². The number of amides is 1. The molecular formula is C31H41N3O4. The van der Waals surface area contributed by atoms with E-state index >= 15 is 0 Å². The van der Waals surface area contributed by atoms with Crippen LogP contribution in [0.3, 0.4) is 0 Å². The van der Waals surface area contributed by atoms with Gasteiger partial charge in [-0.1, -0.05) is 57.4 Å². The summed E-state index contributed by atoms with van der Waals surface area (Å²) in [5.74, 6) is 0.504. The van der Waals surface area contributed by atoms with E-state index in [1.54, 1.807) is 12.1 Å². The Morgan fingerprint density at radius 1 is 0.974 bits per heavy atom. The first-order valence-corrected chi connectivity index (χ1v) is 13.4. The fraction of sp³-hybridized carbons (Fsp3) is 0.387. The second-order valence-corrected chi connectivity index (χ2v) is 9.16. The molecule has 7 nitrogen and oxygen atoms in total. The van der Waals surface area contributed by atoms with Gasteiger partial charge in [0.25, 0.3) is 0 Å². The summed E-state index contributed by atoms with van der Waals surface area (Å²) in [5.41, 5.74) is 1.17. The van der Waals surface area contributed by atoms with Crippen LogP contribution in [0.5, 0.6) is 11.5 Å². The lowest BCUT2D eigenvalue weighted by molar-refractivity contribution is -0.121. The Kier molecular flexibility index (Phi) is 13.4. The molecule has 1 unspecified atom stereocenters. The van der Waals surface area contributed by atoms with E-state index in [9.17, 15) is 9.59 Å². The Labute approximate surface area is 226 Å². The number of hydrogen-bond donors (Lipinski definition) is 3. The Morgan fingerprint density at radius 2 is 1.61 bits per heavy atom. The van der Waals surface area contributed by atoms with Gasteiger partial charge in [0.1, 0.15) is 17.3 Å². The Bertz CT molecular complexity index is 1080. The van der Waals surface area contributed by atoms with Crippen LogP contribution < -0.4 is 10.1 Å². The number of carboxylic acids is 1. The number of carboxylic acid groups (broad SMARTS) is 1. The number of unbranched alkanes of at least 4 members (excludes halogenated alkanes) is 3. The van der Waals surface area contributed by atoms with Crippen LogP contribution in [-0.4, -0.2) is 40.3 Å². The van der Waals surface area contributed by atoms with Crippen molar-refractivity contribution in [1.29, 1.82) is 5.41 Å². The molecule has 38 heavy (non-hydrogen) atoms. The predicted molar refractivity (Wildman–Crippen MR) is 153 cm³/mol. The van der Waals surface area contributed by atoms with E-state index in [2.05, 4.69) is 19.2 Å². The Morgan fingerprint density at radius 3 is 2.18 bits per heavy atom. The minimum absolute atomic E-state index is 0.0363. The molecule has 0 aliphatic carbocycles. The molecule has 0 spiro atoms. The Balaban J connectivity index is 2.17. The lowest BCUT2D eigenvalue weighted by Gasteiger charge is -2.28. The molecule has 2 rings (SSSR count). The molecule has 0 aliphatic rings. The van der Waals surface area contributed by atoms with E-state index < -0.39 is 12.0 Å². The molecule has 0 fully saturated rings. The minimum Gasteiger partial charge on any atom is -0.478 e. The van der Waals surface area contributed by atoms with E-state index in [4.69, 9.17) is 15.3 Å². The number of aromatic carboxylic acids is 1. The van der Waals surface area contributed by atoms with Crippen LogP contribution in [0.4, 0.5) is 0 Å². The zero-order valence-electron chi connectivity index (χ0n) is 22.8. The number of nitrogens with one attached hydrogen (secondary N) is 2. The largest absolute Gasteiger partial charge is 0.478 e. The third-order valence-corrected chi connectivity index (χ3v) is 6.00. The van der Waals surface area contributed by atoms with E-state index in [1.165, 1.54) is 12.1 Å². The first-order valence-electron chi connectivity index (χ1n) is 13.4. The molecule has 2 aromatic carbocycles. The number of ether oxygens (including phenoxy) is 1. The number of allylic oxidation sites excluding steroid dienone is 3. The molecule has 0 bridgehead atoms. The van der Waals surface area contributed by atoms with E-state index in [0.29, 0.717) is 36.7 Å². The highest BCUT2D eigenvalue weighted by molar-refractivity contribution is 5.90. The quantitative estimate of drug-likeness (QED) is 0.0963. The number of benzene rings is 2. The number of carbonyl (C=O) groups excluding carboxylic acids is 1. The van der Waals surface area contributed by atoms with Crippen molar-refractivity contribution in [1.82, 2.24) is 10.2 Å². The highest BCUT2D eigenvalue weighted by atomic mass is 16.5. The van der Waals surface area contributed by atoms with Crippen molar-refractivity contribution in [3.05, 3.63) is 84.1 Å². The first kappa shape index (κ1) is 30.4. The maximum Gasteiger partial charge on any atom is 0.335 e. The zero-order chi connectivity index (χ0) is 27.8. The first-order chi connectivity index (χ1) is 18.4. The minimum atomic E-state index is -0.982. The summed E-state index contributed by atoms with van der Waals surface area (Å²) in [6, 6.07) is 13.3. The van der Waals surface area contributed by atoms with Crippen molar-refractivity contribution in [3.8, 4) is 11.5 Å². The number of amidine groups is 1. The zero-order valence-corrected chi connectivity index (χ0v) is 22.8. The molecule has 0 aliphatic heterocycles. The van der Waals surface area contributed by atoms with Gasteiger partial charge in [-0.25, -0.2) is 4.79 Å². The summed E-state index contributed by atoms with van der Waals surface area (Å²) in [6.45, 7) is 6.88. The maximum absolute atomic E-state index is 12.7. The standard InChI is InChI=1S/C31H41N3O4/c1-4-7-10-12-29(35)33-28(30(32)34(21-9-6-3)22-11-8-5-2)23-24-13-17-26(18-14-24)38-27-19-15-25(16-20-27)31(36)37/h5,8,11,13-20,22,28,32H,4,6-7,9-10,12,21,23H2,1-3H3,(H,33,35)(H,36,37)/b8-5+,22-11+,32-30?. The molecule has 1 atom stereocenters. The number of nitrogens with zero attached hydrogens (tertiary/aromatic N) is 1. The summed E-state index contributed by atoms with van der Waals surface area (Å²) < 4.78 is 5.85. The normalized spacial score (nSPS) is 12.0. The van der Waals surface area contributed by atoms with Crippen molar-refractivity contribution >= 4 is 17.7 Å². The fourth-order valence-corrected chi connectivity index (χ4v) is 3.82. The summed E-state index contributed by atoms with van der Waals surface area (Å²) in [6.07, 6.45) is 13.5. The van der Waals surface area contributed by atoms with Crippen LogP contribution in [0, 0.1) is 5.41 Å². The van der Waals surface area contributed by atoms with Gasteiger partial charge in [0.15, 0.2) is 0 Å². The maximum atomic E-state index is 12.7. The third-order valence-electron chi connectivity index (χ3n) is 6.00. The lowest BCUT2D eigenvalue weighted by Crippen LogP contribution is -2.48. The fourth-order valence-electron chi connectivity index (χ4n) is 3.82. The van der Waals surface area contributed by atoms with Gasteiger partial charge in [0.2, 0.25) is 5.91 Å². The number of rotatable bonds is 16. The highest BCUT2D eigenvalue weighted by Crippen LogP contribution is 2.23. The van der Waals surface area contributed by atoms with Crippen LogP contribution in [0.25, 0.3) is 0 Å². The molecule has 204 valence electrons. The summed E-state index contributed by atoms with van der Waals surface area (Å²) in [5, 5.41) is 21.1. The summed E-state index contributed by atoms with van der Waals surface area (Å²) >= 11 is 0. The van der Waals surface area contributed by atoms with Crippen molar-refractivity contribution in [3.63, 3.8) is 0 Å². The summed E-state index contributed by atoms with van der Waals surface area (Å²) in [4.78, 5) is 25.7. The molecule has 0 aromatic heterocycles. The predicted octanol–water partition coefficient (Wildman–Crippen LogP) is 6.95. The van der Waals surface area contributed by atoms with E-state index in [0.717, 1.165) is 37.7 Å². The average Bonchev–Trinajstić information content (AvgIpc) is 2.91. The molecule has 0 radical (unpaired) electrons. The monoisotopic (exact) mass is 519 g/mol. The molecule has 0 saturated heterocycles. The molecule has 0 saturated carbocycles. The van der Waals surface area contributed by atoms with E-state index in [1.807, 2.05) is 60.5 Å². The van der Waals surface area contributed by atoms with Crippen LogP contribution in [0.2, 0.25) is 0 Å². The smallest absolute Gasteiger partial charge is 0.335 e. The van der Waals surface area contributed by atoms with E-state index in [-0.39, 0.29) is 11.5 Å². The molecule has 3 N–H and O–H groups in total. The number of hydrogen-bond acceptors (Lipinski definition) is 4. The molecule has 0 heterocycles. The van der Waals surface area contributed by atoms with Gasteiger partial charge in [-0.05, 0) is 74.2 Å². The van der Waals surface area contributed by atoms with Crippen LogP contribution in [0.1, 0.15) is 75.2 Å². The van der Waals surface area contributed by atoms with Gasteiger partial charge in [0, 0.05) is 19.2 Å². The Hall–Kier alpha value is -3.87. The van der Waals surface area contributed by atoms with Crippen molar-refractivity contribution in [2.45, 2.75) is 71.8 Å². The van der Waals surface area contributed by atoms with Gasteiger partial charge in [0.05, 0.1) is 11.6 Å². The highest BCUT2D eigenvalue weighted by Gasteiger charge is 2.22. The second-order valence-electron chi connectivity index (χ2n) is 9.16. The van der Waals surface area contributed by atoms with Crippen LogP contribution in [-0.2, 0) is 11.2 Å². The third kappa shape index (κ3) is 10.6. The van der Waals surface area contributed by atoms with Crippen molar-refractivity contribution in [2.24, 2.45) is 0 Å². The molecule has 2 aromatic rings. The molecular weight excluding hydrogens is 478 g/mol. The van der Waals surface area contributed by atoms with Crippen molar-refractivity contribution < 1.29 is 19.4 Å². The topological polar surface area (TPSA) is 103 Å². The van der Waals surface area contributed by atoms with Gasteiger partial charge in [-0.15, -0.1) is 0 Å². The van der Waals surface area contributed by atoms with Gasteiger partial charge < -0.3 is 20.1 Å².